The van der Waals surface area contributed by atoms with Gasteiger partial charge in [-0.25, -0.2) is 4.98 Å². The van der Waals surface area contributed by atoms with E-state index in [1.54, 1.807) is 7.11 Å². The van der Waals surface area contributed by atoms with Gasteiger partial charge in [0.15, 0.2) is 0 Å². The van der Waals surface area contributed by atoms with Gasteiger partial charge in [-0.2, -0.15) is 0 Å². The van der Waals surface area contributed by atoms with Gasteiger partial charge < -0.3 is 18.8 Å². The summed E-state index contributed by atoms with van der Waals surface area (Å²) in [5, 5.41) is 0. The Bertz CT molecular complexity index is 1600. The Morgan fingerprint density at radius 1 is 0.644 bits per heavy atom. The SMILES string of the molecule is CCCCn1c(-c2ccccc2)nc(-c2cccc(OC)c2)c1CN(Cc1cccc(OCC)c1)Cc1cccc(OCC)c1. The molecule has 45 heavy (non-hydrogen) atoms. The summed E-state index contributed by atoms with van der Waals surface area (Å²) < 4.78 is 19.8. The zero-order chi connectivity index (χ0) is 31.4. The van der Waals surface area contributed by atoms with Crippen molar-refractivity contribution in [2.24, 2.45) is 0 Å². The normalized spacial score (nSPS) is 11.1. The van der Waals surface area contributed by atoms with Gasteiger partial charge in [-0.05, 0) is 67.8 Å². The summed E-state index contributed by atoms with van der Waals surface area (Å²) in [7, 11) is 1.71. The smallest absolute Gasteiger partial charge is 0.140 e. The van der Waals surface area contributed by atoms with Gasteiger partial charge in [-0.15, -0.1) is 0 Å². The molecule has 0 radical (unpaired) electrons. The Morgan fingerprint density at radius 3 is 1.84 bits per heavy atom. The molecule has 0 unspecified atom stereocenters. The van der Waals surface area contributed by atoms with Crippen LogP contribution < -0.4 is 14.2 Å². The maximum absolute atomic E-state index is 5.86. The van der Waals surface area contributed by atoms with Crippen molar-refractivity contribution in [3.05, 3.63) is 120 Å². The van der Waals surface area contributed by atoms with Gasteiger partial charge in [0.1, 0.15) is 23.1 Å². The highest BCUT2D eigenvalue weighted by Crippen LogP contribution is 2.33. The van der Waals surface area contributed by atoms with Crippen LogP contribution in [-0.2, 0) is 26.2 Å². The average molecular weight is 604 g/mol. The van der Waals surface area contributed by atoms with Gasteiger partial charge in [-0.3, -0.25) is 4.90 Å². The van der Waals surface area contributed by atoms with Crippen LogP contribution in [0, 0.1) is 0 Å². The molecule has 234 valence electrons. The van der Waals surface area contributed by atoms with Crippen LogP contribution in [0.3, 0.4) is 0 Å². The Morgan fingerprint density at radius 2 is 1.24 bits per heavy atom. The molecule has 0 saturated heterocycles. The molecule has 0 aliphatic heterocycles. The summed E-state index contributed by atoms with van der Waals surface area (Å²) in [5.74, 6) is 3.60. The van der Waals surface area contributed by atoms with Crippen LogP contribution in [0.5, 0.6) is 17.2 Å². The van der Waals surface area contributed by atoms with Gasteiger partial charge in [0.05, 0.1) is 31.7 Å². The van der Waals surface area contributed by atoms with E-state index in [9.17, 15) is 0 Å². The number of methoxy groups -OCH3 is 1. The third-order valence-electron chi connectivity index (χ3n) is 7.79. The highest BCUT2D eigenvalue weighted by molar-refractivity contribution is 5.69. The van der Waals surface area contributed by atoms with Crippen LogP contribution in [0.15, 0.2) is 103 Å². The summed E-state index contributed by atoms with van der Waals surface area (Å²) in [6.45, 7) is 10.6. The lowest BCUT2D eigenvalue weighted by atomic mass is 10.1. The lowest BCUT2D eigenvalue weighted by Gasteiger charge is -2.25. The summed E-state index contributed by atoms with van der Waals surface area (Å²) in [4.78, 5) is 7.86. The first-order chi connectivity index (χ1) is 22.1. The highest BCUT2D eigenvalue weighted by atomic mass is 16.5. The van der Waals surface area contributed by atoms with Gasteiger partial charge in [0.25, 0.3) is 0 Å². The molecule has 0 saturated carbocycles. The molecular formula is C39H45N3O3. The Labute approximate surface area is 268 Å². The molecule has 1 aromatic heterocycles. The summed E-state index contributed by atoms with van der Waals surface area (Å²) >= 11 is 0. The van der Waals surface area contributed by atoms with E-state index in [0.29, 0.717) is 19.8 Å². The third kappa shape index (κ3) is 8.34. The molecular weight excluding hydrogens is 558 g/mol. The topological polar surface area (TPSA) is 48.8 Å². The quantitative estimate of drug-likeness (QED) is 0.113. The fourth-order valence-corrected chi connectivity index (χ4v) is 5.71. The number of benzene rings is 4. The first-order valence-electron chi connectivity index (χ1n) is 16.1. The minimum Gasteiger partial charge on any atom is -0.497 e. The minimum atomic E-state index is 0.639. The molecule has 5 rings (SSSR count). The summed E-state index contributed by atoms with van der Waals surface area (Å²) in [6, 6.07) is 35.7. The minimum absolute atomic E-state index is 0.639. The molecule has 0 spiro atoms. The predicted octanol–water partition coefficient (Wildman–Crippen LogP) is 9.03. The second-order valence-corrected chi connectivity index (χ2v) is 11.1. The van der Waals surface area contributed by atoms with E-state index < -0.39 is 0 Å². The van der Waals surface area contributed by atoms with Crippen molar-refractivity contribution in [1.82, 2.24) is 14.5 Å². The van der Waals surface area contributed by atoms with Crippen molar-refractivity contribution in [3.8, 4) is 39.9 Å². The van der Waals surface area contributed by atoms with Gasteiger partial charge >= 0.3 is 0 Å². The van der Waals surface area contributed by atoms with E-state index in [1.165, 1.54) is 16.8 Å². The number of unbranched alkanes of at least 4 members (excludes halogenated alkanes) is 1. The highest BCUT2D eigenvalue weighted by Gasteiger charge is 2.23. The Hall–Kier alpha value is -4.55. The lowest BCUT2D eigenvalue weighted by Crippen LogP contribution is -2.24. The second-order valence-electron chi connectivity index (χ2n) is 11.1. The maximum atomic E-state index is 5.86. The third-order valence-corrected chi connectivity index (χ3v) is 7.79. The van der Waals surface area contributed by atoms with Crippen LogP contribution in [0.1, 0.15) is 50.4 Å². The van der Waals surface area contributed by atoms with Gasteiger partial charge in [0.2, 0.25) is 0 Å². The molecule has 0 amide bonds. The zero-order valence-corrected chi connectivity index (χ0v) is 27.0. The molecule has 6 nitrogen and oxygen atoms in total. The monoisotopic (exact) mass is 603 g/mol. The fourth-order valence-electron chi connectivity index (χ4n) is 5.71. The van der Waals surface area contributed by atoms with E-state index >= 15 is 0 Å². The van der Waals surface area contributed by atoms with Crippen LogP contribution in [0.2, 0.25) is 0 Å². The number of rotatable bonds is 16. The summed E-state index contributed by atoms with van der Waals surface area (Å²) in [6.07, 6.45) is 2.16. The first-order valence-corrected chi connectivity index (χ1v) is 16.1. The number of hydrogen-bond acceptors (Lipinski definition) is 5. The maximum Gasteiger partial charge on any atom is 0.140 e. The zero-order valence-electron chi connectivity index (χ0n) is 27.0. The predicted molar refractivity (Wildman–Crippen MR) is 183 cm³/mol. The fraction of sp³-hybridized carbons (Fsp3) is 0.308. The second kappa shape index (κ2) is 16.0. The first kappa shape index (κ1) is 31.9. The molecule has 0 aliphatic carbocycles. The largest absolute Gasteiger partial charge is 0.497 e. The molecule has 0 bridgehead atoms. The number of hydrogen-bond donors (Lipinski definition) is 0. The molecule has 0 aliphatic rings. The Kier molecular flexibility index (Phi) is 11.3. The van der Waals surface area contributed by atoms with Crippen LogP contribution in [0.4, 0.5) is 0 Å². The molecule has 1 heterocycles. The van der Waals surface area contributed by atoms with E-state index in [2.05, 4.69) is 95.3 Å². The van der Waals surface area contributed by atoms with Crippen molar-refractivity contribution in [2.75, 3.05) is 20.3 Å². The Balaban J connectivity index is 1.62. The van der Waals surface area contributed by atoms with Gasteiger partial charge in [0, 0.05) is 37.3 Å². The van der Waals surface area contributed by atoms with E-state index in [-0.39, 0.29) is 0 Å². The molecule has 0 atom stereocenters. The average Bonchev–Trinajstić information content (AvgIpc) is 3.42. The molecule has 5 aromatic rings. The molecule has 6 heteroatoms. The standard InChI is InChI=1S/C39H45N3O3/c1-5-8-23-42-37(38(33-19-14-20-34(26-33)43-4)40-39(42)32-17-10-9-11-18-32)29-41(27-30-15-12-21-35(24-30)44-6-2)28-31-16-13-22-36(25-31)45-7-3/h9-22,24-26H,5-8,23,27-29H2,1-4H3. The number of nitrogens with zero attached hydrogens (tertiary/aromatic N) is 3. The molecule has 4 aromatic carbocycles. The van der Waals surface area contributed by atoms with E-state index in [0.717, 1.165) is 72.4 Å². The van der Waals surface area contributed by atoms with Crippen molar-refractivity contribution < 1.29 is 14.2 Å². The van der Waals surface area contributed by atoms with Crippen molar-refractivity contribution in [3.63, 3.8) is 0 Å². The van der Waals surface area contributed by atoms with Gasteiger partial charge in [-0.1, -0.05) is 80.1 Å². The van der Waals surface area contributed by atoms with Crippen LogP contribution >= 0.6 is 0 Å². The number of ether oxygens (including phenoxy) is 3. The van der Waals surface area contributed by atoms with Crippen molar-refractivity contribution >= 4 is 0 Å². The summed E-state index contributed by atoms with van der Waals surface area (Å²) in [5.41, 5.74) is 6.75. The van der Waals surface area contributed by atoms with Crippen LogP contribution in [-0.4, -0.2) is 34.8 Å². The molecule has 0 N–H and O–H groups in total. The number of aromatic nitrogens is 2. The molecule has 0 fully saturated rings. The lowest BCUT2D eigenvalue weighted by molar-refractivity contribution is 0.240. The van der Waals surface area contributed by atoms with Crippen molar-refractivity contribution in [1.29, 1.82) is 0 Å². The number of imidazole rings is 1. The van der Waals surface area contributed by atoms with E-state index in [1.807, 2.05) is 38.1 Å². The van der Waals surface area contributed by atoms with Crippen LogP contribution in [0.25, 0.3) is 22.6 Å². The van der Waals surface area contributed by atoms with Crippen molar-refractivity contribution in [2.45, 2.75) is 59.8 Å². The van der Waals surface area contributed by atoms with E-state index in [4.69, 9.17) is 19.2 Å².